The standard InChI is InChI=1S/C11H12ClN3O2/c1-15-9(13)5-8(14-15)6-3-4-7(12)11(17-2)10(6)16/h3-5,16H,13H2,1-2H3. The predicted octanol–water partition coefficient (Wildman–Crippen LogP) is 2.04. The average Bonchev–Trinajstić information content (AvgIpc) is 2.59. The number of benzene rings is 1. The Morgan fingerprint density at radius 1 is 1.47 bits per heavy atom. The molecule has 0 aliphatic carbocycles. The largest absolute Gasteiger partial charge is 0.504 e. The van der Waals surface area contributed by atoms with Gasteiger partial charge in [-0.25, -0.2) is 0 Å². The molecule has 5 nitrogen and oxygen atoms in total. The molecule has 0 unspecified atom stereocenters. The molecule has 17 heavy (non-hydrogen) atoms. The van der Waals surface area contributed by atoms with Gasteiger partial charge in [-0.2, -0.15) is 5.10 Å². The molecule has 6 heteroatoms. The van der Waals surface area contributed by atoms with Gasteiger partial charge in [-0.1, -0.05) is 11.6 Å². The van der Waals surface area contributed by atoms with Gasteiger partial charge in [-0.3, -0.25) is 4.68 Å². The van der Waals surface area contributed by atoms with Crippen molar-refractivity contribution in [2.45, 2.75) is 0 Å². The van der Waals surface area contributed by atoms with E-state index in [4.69, 9.17) is 22.1 Å². The van der Waals surface area contributed by atoms with E-state index in [0.29, 0.717) is 22.1 Å². The van der Waals surface area contributed by atoms with E-state index in [1.807, 2.05) is 0 Å². The Morgan fingerprint density at radius 2 is 2.18 bits per heavy atom. The number of halogens is 1. The van der Waals surface area contributed by atoms with E-state index in [9.17, 15) is 5.11 Å². The predicted molar refractivity (Wildman–Crippen MR) is 66.3 cm³/mol. The molecule has 1 aromatic carbocycles. The van der Waals surface area contributed by atoms with Crippen LogP contribution < -0.4 is 10.5 Å². The second kappa shape index (κ2) is 4.18. The zero-order valence-corrected chi connectivity index (χ0v) is 10.2. The lowest BCUT2D eigenvalue weighted by Crippen LogP contribution is -1.96. The topological polar surface area (TPSA) is 73.3 Å². The van der Waals surface area contributed by atoms with Crippen molar-refractivity contribution < 1.29 is 9.84 Å². The van der Waals surface area contributed by atoms with Gasteiger partial charge in [0.05, 0.1) is 17.8 Å². The Bertz CT molecular complexity index is 547. The molecule has 0 aliphatic heterocycles. The van der Waals surface area contributed by atoms with Crippen LogP contribution in [0.25, 0.3) is 11.3 Å². The van der Waals surface area contributed by atoms with Gasteiger partial charge in [0.15, 0.2) is 11.5 Å². The van der Waals surface area contributed by atoms with E-state index in [-0.39, 0.29) is 11.5 Å². The monoisotopic (exact) mass is 253 g/mol. The lowest BCUT2D eigenvalue weighted by atomic mass is 10.1. The Labute approximate surface area is 103 Å². The maximum absolute atomic E-state index is 10.0. The molecule has 1 heterocycles. The number of ether oxygens (including phenoxy) is 1. The number of nitrogen functional groups attached to an aromatic ring is 1. The zero-order valence-electron chi connectivity index (χ0n) is 9.44. The lowest BCUT2D eigenvalue weighted by Gasteiger charge is -2.08. The summed E-state index contributed by atoms with van der Waals surface area (Å²) >= 11 is 5.89. The van der Waals surface area contributed by atoms with Gasteiger partial charge in [0.2, 0.25) is 0 Å². The molecule has 0 spiro atoms. The van der Waals surface area contributed by atoms with E-state index >= 15 is 0 Å². The van der Waals surface area contributed by atoms with Crippen LogP contribution in [0.1, 0.15) is 0 Å². The average molecular weight is 254 g/mol. The smallest absolute Gasteiger partial charge is 0.179 e. The van der Waals surface area contributed by atoms with Crippen LogP contribution in [0.15, 0.2) is 18.2 Å². The summed E-state index contributed by atoms with van der Waals surface area (Å²) in [6.45, 7) is 0. The number of phenols is 1. The highest BCUT2D eigenvalue weighted by molar-refractivity contribution is 6.32. The molecule has 0 bridgehead atoms. The van der Waals surface area contributed by atoms with Gasteiger partial charge in [-0.15, -0.1) is 0 Å². The summed E-state index contributed by atoms with van der Waals surface area (Å²) < 4.78 is 6.55. The number of rotatable bonds is 2. The third-order valence-corrected chi connectivity index (χ3v) is 2.78. The second-order valence-corrected chi connectivity index (χ2v) is 3.96. The molecule has 90 valence electrons. The molecule has 0 radical (unpaired) electrons. The maximum Gasteiger partial charge on any atom is 0.179 e. The molecule has 2 aromatic rings. The highest BCUT2D eigenvalue weighted by atomic mass is 35.5. The summed E-state index contributed by atoms with van der Waals surface area (Å²) in [7, 11) is 3.17. The SMILES string of the molecule is COc1c(Cl)ccc(-c2cc(N)n(C)n2)c1O. The van der Waals surface area contributed by atoms with E-state index in [2.05, 4.69) is 5.10 Å². The normalized spacial score (nSPS) is 10.5. The number of aromatic hydroxyl groups is 1. The highest BCUT2D eigenvalue weighted by Crippen LogP contribution is 2.41. The molecule has 0 aliphatic rings. The molecule has 0 amide bonds. The minimum atomic E-state index is -0.0434. The second-order valence-electron chi connectivity index (χ2n) is 3.55. The molecular formula is C11H12ClN3O2. The molecule has 2 rings (SSSR count). The van der Waals surface area contributed by atoms with E-state index in [0.717, 1.165) is 0 Å². The van der Waals surface area contributed by atoms with Gasteiger partial charge >= 0.3 is 0 Å². The molecule has 0 saturated carbocycles. The number of hydrogen-bond acceptors (Lipinski definition) is 4. The van der Waals surface area contributed by atoms with Crippen LogP contribution in [-0.4, -0.2) is 22.0 Å². The Kier molecular flexibility index (Phi) is 2.85. The lowest BCUT2D eigenvalue weighted by molar-refractivity contribution is 0.374. The summed E-state index contributed by atoms with van der Waals surface area (Å²) in [6.07, 6.45) is 0. The summed E-state index contributed by atoms with van der Waals surface area (Å²) in [5.74, 6) is 0.694. The number of phenolic OH excluding ortho intramolecular Hbond substituents is 1. The summed E-state index contributed by atoms with van der Waals surface area (Å²) in [5, 5.41) is 14.5. The minimum Gasteiger partial charge on any atom is -0.504 e. The van der Waals surface area contributed by atoms with Gasteiger partial charge in [0, 0.05) is 18.7 Å². The summed E-state index contributed by atoms with van der Waals surface area (Å²) in [4.78, 5) is 0. The van der Waals surface area contributed by atoms with Gasteiger partial charge in [0.25, 0.3) is 0 Å². The molecule has 0 saturated heterocycles. The van der Waals surface area contributed by atoms with Crippen LogP contribution >= 0.6 is 11.6 Å². The number of nitrogens with zero attached hydrogens (tertiary/aromatic N) is 2. The molecule has 1 aromatic heterocycles. The van der Waals surface area contributed by atoms with Crippen molar-refractivity contribution in [1.82, 2.24) is 9.78 Å². The first-order chi connectivity index (χ1) is 8.04. The first-order valence-electron chi connectivity index (χ1n) is 4.90. The van der Waals surface area contributed by atoms with Crippen molar-refractivity contribution in [1.29, 1.82) is 0 Å². The maximum atomic E-state index is 10.0. The third-order valence-electron chi connectivity index (χ3n) is 2.48. The van der Waals surface area contributed by atoms with Crippen molar-refractivity contribution >= 4 is 17.4 Å². The Balaban J connectivity index is 2.60. The first-order valence-corrected chi connectivity index (χ1v) is 5.27. The summed E-state index contributed by atoms with van der Waals surface area (Å²) in [6, 6.07) is 4.98. The van der Waals surface area contributed by atoms with Crippen LogP contribution in [0, 0.1) is 0 Å². The number of nitrogens with two attached hydrogens (primary N) is 1. The van der Waals surface area contributed by atoms with Crippen LogP contribution in [0.3, 0.4) is 0 Å². The zero-order chi connectivity index (χ0) is 12.6. The van der Waals surface area contributed by atoms with E-state index in [1.165, 1.54) is 11.8 Å². The fourth-order valence-electron chi connectivity index (χ4n) is 1.56. The number of methoxy groups -OCH3 is 1. The Morgan fingerprint density at radius 3 is 2.71 bits per heavy atom. The van der Waals surface area contributed by atoms with Crippen LogP contribution in [0.5, 0.6) is 11.5 Å². The van der Waals surface area contributed by atoms with Crippen LogP contribution in [-0.2, 0) is 7.05 Å². The molecule has 0 fully saturated rings. The van der Waals surface area contributed by atoms with Crippen molar-refractivity contribution in [2.75, 3.05) is 12.8 Å². The van der Waals surface area contributed by atoms with E-state index in [1.54, 1.807) is 25.2 Å². The minimum absolute atomic E-state index is 0.0434. The van der Waals surface area contributed by atoms with Crippen molar-refractivity contribution in [3.8, 4) is 22.8 Å². The molecule has 3 N–H and O–H groups in total. The first kappa shape index (κ1) is 11.6. The quantitative estimate of drug-likeness (QED) is 0.859. The van der Waals surface area contributed by atoms with Gasteiger partial charge in [0.1, 0.15) is 5.82 Å². The van der Waals surface area contributed by atoms with Gasteiger partial charge in [-0.05, 0) is 12.1 Å². The van der Waals surface area contributed by atoms with Gasteiger partial charge < -0.3 is 15.6 Å². The Hall–Kier alpha value is -1.88. The van der Waals surface area contributed by atoms with Crippen molar-refractivity contribution in [3.05, 3.63) is 23.2 Å². The van der Waals surface area contributed by atoms with Crippen molar-refractivity contribution in [3.63, 3.8) is 0 Å². The number of aryl methyl sites for hydroxylation is 1. The fraction of sp³-hybridized carbons (Fsp3) is 0.182. The fourth-order valence-corrected chi connectivity index (χ4v) is 1.79. The van der Waals surface area contributed by atoms with Crippen LogP contribution in [0.2, 0.25) is 5.02 Å². The van der Waals surface area contributed by atoms with Crippen LogP contribution in [0.4, 0.5) is 5.82 Å². The third kappa shape index (κ3) is 1.89. The van der Waals surface area contributed by atoms with Crippen molar-refractivity contribution in [2.24, 2.45) is 7.05 Å². The molecule has 0 atom stereocenters. The summed E-state index contributed by atoms with van der Waals surface area (Å²) in [5.41, 5.74) is 6.78. The molecular weight excluding hydrogens is 242 g/mol. The highest BCUT2D eigenvalue weighted by Gasteiger charge is 2.16. The number of anilines is 1. The number of aromatic nitrogens is 2. The van der Waals surface area contributed by atoms with E-state index < -0.39 is 0 Å². The number of hydrogen-bond donors (Lipinski definition) is 2.